The first-order valence-electron chi connectivity index (χ1n) is 25.6. The third-order valence-electron chi connectivity index (χ3n) is 21.2. The van der Waals surface area contributed by atoms with Crippen molar-refractivity contribution < 1.29 is 17.1 Å². The van der Waals surface area contributed by atoms with E-state index in [1.165, 1.54) is 154 Å². The van der Waals surface area contributed by atoms with Crippen molar-refractivity contribution in [3.8, 4) is 0 Å². The van der Waals surface area contributed by atoms with Crippen molar-refractivity contribution in [2.45, 2.75) is 203 Å². The molecule has 0 amide bonds. The van der Waals surface area contributed by atoms with Crippen LogP contribution in [0.15, 0.2) is 0 Å². The van der Waals surface area contributed by atoms with E-state index >= 15 is 0 Å². The van der Waals surface area contributed by atoms with Gasteiger partial charge in [0.2, 0.25) is 0 Å². The van der Waals surface area contributed by atoms with E-state index in [4.69, 9.17) is 10.6 Å². The fourth-order valence-corrected chi connectivity index (χ4v) is 18.6. The SMILES string of the molecule is C1CCC2CC3C4[N-]C(NC5NC(NC6[N-]C(NC7NC(N4)C4CC8CCCCC8CC74)C4CC7CCCCC7CC64)C4CC6CCCCC6CC54)C3CC2C1.[Cu+2]. The molecule has 8 bridgehead atoms. The zero-order valence-corrected chi connectivity index (χ0v) is 36.0. The molecule has 5 aliphatic heterocycles. The molecule has 13 aliphatic rings. The van der Waals surface area contributed by atoms with Gasteiger partial charge in [0.25, 0.3) is 0 Å². The first-order chi connectivity index (χ1) is 27.7. The summed E-state index contributed by atoms with van der Waals surface area (Å²) in [5.41, 5.74) is 0. The van der Waals surface area contributed by atoms with E-state index in [1.807, 2.05) is 0 Å². The molecule has 5 heterocycles. The van der Waals surface area contributed by atoms with E-state index in [9.17, 15) is 0 Å². The maximum Gasteiger partial charge on any atom is 2.00 e. The minimum absolute atomic E-state index is 0. The second kappa shape index (κ2) is 15.8. The molecule has 24 unspecified atom stereocenters. The van der Waals surface area contributed by atoms with Gasteiger partial charge < -0.3 is 31.9 Å². The van der Waals surface area contributed by atoms with Crippen LogP contribution in [0.25, 0.3) is 10.6 Å². The summed E-state index contributed by atoms with van der Waals surface area (Å²) in [4.78, 5) is 0. The third-order valence-corrected chi connectivity index (χ3v) is 21.2. The van der Waals surface area contributed by atoms with Crippen LogP contribution in [0.1, 0.15) is 154 Å². The number of hydrogen-bond donors (Lipinski definition) is 6. The van der Waals surface area contributed by atoms with Crippen molar-refractivity contribution in [1.29, 1.82) is 0 Å². The predicted molar refractivity (Wildman–Crippen MR) is 222 cm³/mol. The second-order valence-corrected chi connectivity index (χ2v) is 23.4. The van der Waals surface area contributed by atoms with Crippen molar-refractivity contribution >= 4 is 0 Å². The zero-order chi connectivity index (χ0) is 36.5. The van der Waals surface area contributed by atoms with Crippen LogP contribution in [0.3, 0.4) is 0 Å². The Morgan fingerprint density at radius 1 is 0.246 bits per heavy atom. The molecule has 8 aliphatic carbocycles. The molecule has 9 heteroatoms. The molecule has 321 valence electrons. The molecule has 24 atom stereocenters. The van der Waals surface area contributed by atoms with Gasteiger partial charge in [-0.25, -0.2) is 0 Å². The molecule has 0 aromatic rings. The molecule has 13 rings (SSSR count). The van der Waals surface area contributed by atoms with Gasteiger partial charge in [-0.05, 0) is 146 Å². The third kappa shape index (κ3) is 6.77. The maximum absolute atomic E-state index is 5.97. The standard InChI is InChI=1S/C48H78N8.Cu/c1-2-10-26-18-34-33(17-25(26)9-1)41-49-42(34)54-44-37-21-29-13-5-6-14-30(29)22-38(37)46(51-44)56-48-40-24-32-16-8-7-15-31(32)23-39(40)47(52-48)55-45-36-20-28-12-4-3-11-27(28)19-35(36)43(50-45)53-41;/h25-49,52-56H,1-24H2;/q-2;+2. The van der Waals surface area contributed by atoms with Gasteiger partial charge >= 0.3 is 17.1 Å². The summed E-state index contributed by atoms with van der Waals surface area (Å²) < 4.78 is 0. The predicted octanol–water partition coefficient (Wildman–Crippen LogP) is 8.28. The average Bonchev–Trinajstić information content (AvgIpc) is 3.95. The van der Waals surface area contributed by atoms with Crippen LogP contribution in [-0.4, -0.2) is 49.3 Å². The molecule has 5 saturated heterocycles. The van der Waals surface area contributed by atoms with E-state index in [2.05, 4.69) is 31.9 Å². The molecular formula is C48H78CuN8. The molecule has 13 fully saturated rings. The Bertz CT molecular complexity index is 1130. The van der Waals surface area contributed by atoms with Crippen LogP contribution in [0.2, 0.25) is 0 Å². The van der Waals surface area contributed by atoms with Gasteiger partial charge in [-0.15, -0.1) is 0 Å². The van der Waals surface area contributed by atoms with Crippen molar-refractivity contribution in [3.63, 3.8) is 0 Å². The zero-order valence-electron chi connectivity index (χ0n) is 35.0. The van der Waals surface area contributed by atoms with Crippen molar-refractivity contribution in [3.05, 3.63) is 10.6 Å². The van der Waals surface area contributed by atoms with Gasteiger partial charge in [0, 0.05) is 0 Å². The molecule has 1 radical (unpaired) electrons. The van der Waals surface area contributed by atoms with Crippen LogP contribution in [0, 0.1) is 94.7 Å². The Balaban J connectivity index is 0.00000356. The smallest absolute Gasteiger partial charge is 0.632 e. The van der Waals surface area contributed by atoms with Gasteiger partial charge in [-0.2, -0.15) is 0 Å². The van der Waals surface area contributed by atoms with Crippen molar-refractivity contribution in [2.24, 2.45) is 94.7 Å². The van der Waals surface area contributed by atoms with E-state index in [0.717, 1.165) is 47.3 Å². The van der Waals surface area contributed by atoms with Gasteiger partial charge in [-0.3, -0.25) is 10.6 Å². The summed E-state index contributed by atoms with van der Waals surface area (Å²) in [6.45, 7) is 0. The Morgan fingerprint density at radius 3 is 0.649 bits per heavy atom. The van der Waals surface area contributed by atoms with Gasteiger partial charge in [0.15, 0.2) is 0 Å². The summed E-state index contributed by atoms with van der Waals surface area (Å²) in [6, 6.07) is 0. The van der Waals surface area contributed by atoms with Gasteiger partial charge in [0.1, 0.15) is 0 Å². The minimum Gasteiger partial charge on any atom is -0.632 e. The second-order valence-electron chi connectivity index (χ2n) is 23.4. The number of fused-ring (bicyclic) bond motifs is 24. The molecule has 8 saturated carbocycles. The van der Waals surface area contributed by atoms with Crippen LogP contribution in [0.5, 0.6) is 0 Å². The van der Waals surface area contributed by atoms with Gasteiger partial charge in [0.05, 0.1) is 24.7 Å². The van der Waals surface area contributed by atoms with Crippen molar-refractivity contribution in [1.82, 2.24) is 31.9 Å². The average molecular weight is 831 g/mol. The summed E-state index contributed by atoms with van der Waals surface area (Å²) in [5, 5.41) is 38.6. The van der Waals surface area contributed by atoms with Crippen LogP contribution in [-0.2, 0) is 17.1 Å². The number of nitrogens with zero attached hydrogens (tertiary/aromatic N) is 2. The van der Waals surface area contributed by atoms with E-state index in [0.29, 0.717) is 72.0 Å². The summed E-state index contributed by atoms with van der Waals surface area (Å²) in [5.74, 6) is 13.0. The molecule has 0 aromatic carbocycles. The maximum atomic E-state index is 5.97. The minimum atomic E-state index is 0. The molecule has 57 heavy (non-hydrogen) atoms. The fraction of sp³-hybridized carbons (Fsp3) is 1.00. The molecule has 0 aromatic heterocycles. The van der Waals surface area contributed by atoms with Crippen LogP contribution in [0.4, 0.5) is 0 Å². The summed E-state index contributed by atoms with van der Waals surface area (Å²) in [6.07, 6.45) is 37.4. The Morgan fingerprint density at radius 2 is 0.439 bits per heavy atom. The molecular weight excluding hydrogens is 752 g/mol. The van der Waals surface area contributed by atoms with Crippen LogP contribution >= 0.6 is 0 Å². The Kier molecular flexibility index (Phi) is 10.7. The molecule has 0 spiro atoms. The molecule has 6 N–H and O–H groups in total. The van der Waals surface area contributed by atoms with Gasteiger partial charge in [-0.1, -0.05) is 127 Å². The summed E-state index contributed by atoms with van der Waals surface area (Å²) >= 11 is 0. The summed E-state index contributed by atoms with van der Waals surface area (Å²) in [7, 11) is 0. The van der Waals surface area contributed by atoms with E-state index in [1.54, 1.807) is 0 Å². The topological polar surface area (TPSA) is 100 Å². The number of nitrogens with one attached hydrogen (secondary N) is 6. The van der Waals surface area contributed by atoms with E-state index in [-0.39, 0.29) is 41.7 Å². The van der Waals surface area contributed by atoms with Crippen LogP contribution < -0.4 is 31.9 Å². The number of hydrogen-bond acceptors (Lipinski definition) is 6. The number of rotatable bonds is 0. The monoisotopic (exact) mass is 830 g/mol. The fourth-order valence-electron chi connectivity index (χ4n) is 18.6. The first kappa shape index (κ1) is 38.8. The Hall–Kier alpha value is 0.199. The Labute approximate surface area is 356 Å². The van der Waals surface area contributed by atoms with E-state index < -0.39 is 0 Å². The first-order valence-corrected chi connectivity index (χ1v) is 25.6. The quantitative estimate of drug-likeness (QED) is 0.138. The largest absolute Gasteiger partial charge is 2.00 e. The molecule has 8 nitrogen and oxygen atoms in total. The van der Waals surface area contributed by atoms with Crippen molar-refractivity contribution in [2.75, 3.05) is 0 Å². The normalized spacial score (nSPS) is 58.9.